The highest BCUT2D eigenvalue weighted by Gasteiger charge is 2.51. The molecule has 0 bridgehead atoms. The highest BCUT2D eigenvalue weighted by Crippen LogP contribution is 2.47. The van der Waals surface area contributed by atoms with Gasteiger partial charge in [0.15, 0.2) is 0 Å². The number of nitrogens with one attached hydrogen (secondary N) is 1. The number of amides is 1. The lowest BCUT2D eigenvalue weighted by Gasteiger charge is -2.42. The molecule has 2 aliphatic heterocycles. The van der Waals surface area contributed by atoms with E-state index in [1.807, 2.05) is 0 Å². The van der Waals surface area contributed by atoms with E-state index >= 15 is 0 Å². The van der Waals surface area contributed by atoms with Gasteiger partial charge in [0.05, 0.1) is 5.92 Å². The second kappa shape index (κ2) is 7.88. The van der Waals surface area contributed by atoms with Crippen LogP contribution in [0.2, 0.25) is 0 Å². The summed E-state index contributed by atoms with van der Waals surface area (Å²) in [5.74, 6) is 1.01. The summed E-state index contributed by atoms with van der Waals surface area (Å²) in [5, 5.41) is 3.59. The highest BCUT2D eigenvalue weighted by atomic mass is 79.9. The van der Waals surface area contributed by atoms with Crippen molar-refractivity contribution < 1.29 is 4.79 Å². The molecule has 2 fully saturated rings. The van der Waals surface area contributed by atoms with Crippen LogP contribution in [-0.2, 0) is 16.6 Å². The monoisotopic (exact) mass is 452 g/mol. The number of benzene rings is 2. The zero-order valence-electron chi connectivity index (χ0n) is 16.9. The topological polar surface area (TPSA) is 32.3 Å². The Kier molecular flexibility index (Phi) is 5.25. The van der Waals surface area contributed by atoms with Gasteiger partial charge in [0.2, 0.25) is 5.91 Å². The average molecular weight is 453 g/mol. The van der Waals surface area contributed by atoms with E-state index in [2.05, 4.69) is 74.7 Å². The van der Waals surface area contributed by atoms with Crippen molar-refractivity contribution in [2.24, 2.45) is 5.92 Å². The van der Waals surface area contributed by atoms with E-state index in [9.17, 15) is 4.79 Å². The molecule has 0 aromatic heterocycles. The number of piperidine rings is 1. The van der Waals surface area contributed by atoms with Gasteiger partial charge in [0.25, 0.3) is 0 Å². The van der Waals surface area contributed by atoms with Gasteiger partial charge in [-0.05, 0) is 60.8 Å². The van der Waals surface area contributed by atoms with Gasteiger partial charge in [-0.2, -0.15) is 0 Å². The van der Waals surface area contributed by atoms with Gasteiger partial charge in [-0.25, -0.2) is 0 Å². The third-order valence-corrected chi connectivity index (χ3v) is 8.28. The Hall–Kier alpha value is -1.65. The van der Waals surface area contributed by atoms with Crippen LogP contribution in [0.5, 0.6) is 0 Å². The molecule has 0 radical (unpaired) electrons. The van der Waals surface area contributed by atoms with Crippen molar-refractivity contribution in [2.75, 3.05) is 26.2 Å². The minimum Gasteiger partial charge on any atom is -0.342 e. The van der Waals surface area contributed by atoms with Crippen molar-refractivity contribution in [1.82, 2.24) is 10.2 Å². The molecule has 29 heavy (non-hydrogen) atoms. The van der Waals surface area contributed by atoms with Crippen LogP contribution < -0.4 is 5.32 Å². The lowest BCUT2D eigenvalue weighted by molar-refractivity contribution is -0.138. The lowest BCUT2D eigenvalue weighted by Crippen LogP contribution is -2.49. The molecule has 0 saturated carbocycles. The van der Waals surface area contributed by atoms with Gasteiger partial charge in [-0.1, -0.05) is 58.4 Å². The Bertz CT molecular complexity index is 891. The predicted molar refractivity (Wildman–Crippen MR) is 120 cm³/mol. The summed E-state index contributed by atoms with van der Waals surface area (Å²) in [4.78, 5) is 15.8. The molecule has 1 spiro atoms. The van der Waals surface area contributed by atoms with E-state index in [0.717, 1.165) is 58.3 Å². The lowest BCUT2D eigenvalue weighted by atomic mass is 9.64. The first-order chi connectivity index (χ1) is 14.2. The molecule has 2 aromatic rings. The van der Waals surface area contributed by atoms with E-state index < -0.39 is 0 Å². The standard InChI is InChI=1S/C25H29BrN2O/c26-23-10-4-9-21-20(23)8-5-13-25(21)17-27-16-22(25)24(29)28-14-11-19(12-15-28)18-6-2-1-3-7-18/h1-4,6-7,9-10,19,22,27H,5,8,11-17H2/t22-,25-/m0/s1. The fourth-order valence-electron chi connectivity index (χ4n) is 6.00. The number of carbonyl (C=O) groups is 1. The van der Waals surface area contributed by atoms with E-state index in [0.29, 0.717) is 11.8 Å². The Labute approximate surface area is 182 Å². The van der Waals surface area contributed by atoms with Crippen LogP contribution in [0.1, 0.15) is 48.3 Å². The van der Waals surface area contributed by atoms with E-state index in [-0.39, 0.29) is 11.3 Å². The molecular formula is C25H29BrN2O. The largest absolute Gasteiger partial charge is 0.342 e. The van der Waals surface area contributed by atoms with Crippen molar-refractivity contribution in [1.29, 1.82) is 0 Å². The van der Waals surface area contributed by atoms with E-state index in [4.69, 9.17) is 0 Å². The SMILES string of the molecule is O=C([C@@H]1CNC[C@]12CCCc1c(Br)cccc12)N1CCC(c2ccccc2)CC1. The van der Waals surface area contributed by atoms with Gasteiger partial charge < -0.3 is 10.2 Å². The Morgan fingerprint density at radius 1 is 1.07 bits per heavy atom. The number of rotatable bonds is 2. The third kappa shape index (κ3) is 3.34. The van der Waals surface area contributed by atoms with Crippen molar-refractivity contribution >= 4 is 21.8 Å². The highest BCUT2D eigenvalue weighted by molar-refractivity contribution is 9.10. The first kappa shape index (κ1) is 19.3. The predicted octanol–water partition coefficient (Wildman–Crippen LogP) is 4.65. The quantitative estimate of drug-likeness (QED) is 0.718. The molecule has 152 valence electrons. The molecule has 0 unspecified atom stereocenters. The maximum atomic E-state index is 13.7. The van der Waals surface area contributed by atoms with Crippen LogP contribution in [0, 0.1) is 5.92 Å². The normalized spacial score (nSPS) is 27.2. The van der Waals surface area contributed by atoms with E-state index in [1.54, 1.807) is 0 Å². The number of hydrogen-bond donors (Lipinski definition) is 1. The average Bonchev–Trinajstić information content (AvgIpc) is 3.19. The summed E-state index contributed by atoms with van der Waals surface area (Å²) in [6, 6.07) is 17.3. The van der Waals surface area contributed by atoms with Crippen molar-refractivity contribution in [3.63, 3.8) is 0 Å². The Morgan fingerprint density at radius 2 is 1.86 bits per heavy atom. The zero-order valence-corrected chi connectivity index (χ0v) is 18.5. The second-order valence-electron chi connectivity index (χ2n) is 8.97. The molecule has 2 heterocycles. The summed E-state index contributed by atoms with van der Waals surface area (Å²) in [5.41, 5.74) is 4.21. The number of halogens is 1. The molecular weight excluding hydrogens is 424 g/mol. The van der Waals surface area contributed by atoms with Gasteiger partial charge >= 0.3 is 0 Å². The van der Waals surface area contributed by atoms with Gasteiger partial charge in [0, 0.05) is 36.1 Å². The van der Waals surface area contributed by atoms with Gasteiger partial charge in [-0.3, -0.25) is 4.79 Å². The zero-order chi connectivity index (χ0) is 19.8. The first-order valence-corrected chi connectivity index (χ1v) is 11.8. The number of nitrogens with zero attached hydrogens (tertiary/aromatic N) is 1. The molecule has 3 aliphatic rings. The summed E-state index contributed by atoms with van der Waals surface area (Å²) in [6.45, 7) is 3.50. The first-order valence-electron chi connectivity index (χ1n) is 11.0. The second-order valence-corrected chi connectivity index (χ2v) is 9.82. The maximum Gasteiger partial charge on any atom is 0.227 e. The van der Waals surface area contributed by atoms with Crippen LogP contribution in [0.25, 0.3) is 0 Å². The van der Waals surface area contributed by atoms with Crippen molar-refractivity contribution in [3.05, 3.63) is 69.7 Å². The molecule has 2 aromatic carbocycles. The summed E-state index contributed by atoms with van der Waals surface area (Å²) in [7, 11) is 0. The van der Waals surface area contributed by atoms with Crippen LogP contribution >= 0.6 is 15.9 Å². The fourth-order valence-corrected chi connectivity index (χ4v) is 6.57. The minimum atomic E-state index is -0.0370. The number of hydrogen-bond acceptors (Lipinski definition) is 2. The molecule has 4 heteroatoms. The Balaban J connectivity index is 1.35. The summed E-state index contributed by atoms with van der Waals surface area (Å²) in [6.07, 6.45) is 5.54. The number of carbonyl (C=O) groups excluding carboxylic acids is 1. The molecule has 1 aliphatic carbocycles. The summed E-state index contributed by atoms with van der Waals surface area (Å²) < 4.78 is 1.20. The molecule has 2 saturated heterocycles. The van der Waals surface area contributed by atoms with E-state index in [1.165, 1.54) is 21.2 Å². The van der Waals surface area contributed by atoms with Crippen LogP contribution in [0.4, 0.5) is 0 Å². The molecule has 1 amide bonds. The minimum absolute atomic E-state index is 0.0370. The number of fused-ring (bicyclic) bond motifs is 2. The molecule has 2 atom stereocenters. The maximum absolute atomic E-state index is 13.7. The number of likely N-dealkylation sites (tertiary alicyclic amines) is 1. The molecule has 1 N–H and O–H groups in total. The Morgan fingerprint density at radius 3 is 2.66 bits per heavy atom. The van der Waals surface area contributed by atoms with Gasteiger partial charge in [-0.15, -0.1) is 0 Å². The fraction of sp³-hybridized carbons (Fsp3) is 0.480. The molecule has 5 rings (SSSR count). The van der Waals surface area contributed by atoms with Crippen LogP contribution in [0.3, 0.4) is 0 Å². The summed E-state index contributed by atoms with van der Waals surface area (Å²) >= 11 is 3.76. The smallest absolute Gasteiger partial charge is 0.227 e. The van der Waals surface area contributed by atoms with Crippen molar-refractivity contribution in [3.8, 4) is 0 Å². The van der Waals surface area contributed by atoms with Crippen LogP contribution in [0.15, 0.2) is 53.0 Å². The van der Waals surface area contributed by atoms with Gasteiger partial charge in [0.1, 0.15) is 0 Å². The molecule has 3 nitrogen and oxygen atoms in total. The van der Waals surface area contributed by atoms with Crippen LogP contribution in [-0.4, -0.2) is 37.0 Å². The van der Waals surface area contributed by atoms with Crippen molar-refractivity contribution in [2.45, 2.75) is 43.4 Å². The third-order valence-electron chi connectivity index (χ3n) is 7.54.